The molecule has 1 aromatic heterocycles. The van der Waals surface area contributed by atoms with E-state index in [1.54, 1.807) is 4.90 Å². The third-order valence-corrected chi connectivity index (χ3v) is 9.64. The molecule has 3 aliphatic heterocycles. The summed E-state index contributed by atoms with van der Waals surface area (Å²) in [6.07, 6.45) is 6.79. The zero-order valence-electron chi connectivity index (χ0n) is 24.5. The predicted octanol–water partition coefficient (Wildman–Crippen LogP) is 3.22. The maximum absolute atomic E-state index is 14.1. The molecule has 2 fully saturated rings. The Labute approximate surface area is 247 Å². The number of nitrogens with one attached hydrogen (secondary N) is 1. The van der Waals surface area contributed by atoms with Crippen molar-refractivity contribution >= 4 is 23.3 Å². The number of carbonyl (C=O) groups is 2. The van der Waals surface area contributed by atoms with Gasteiger partial charge in [0.1, 0.15) is 12.3 Å². The average molecular weight is 570 g/mol. The summed E-state index contributed by atoms with van der Waals surface area (Å²) in [5.41, 5.74) is 2.97. The third-order valence-electron chi connectivity index (χ3n) is 9.64. The summed E-state index contributed by atoms with van der Waals surface area (Å²) >= 11 is 0. The second-order valence-electron chi connectivity index (χ2n) is 12.2. The van der Waals surface area contributed by atoms with Crippen molar-refractivity contribution in [3.8, 4) is 12.1 Å². The Morgan fingerprint density at radius 3 is 2.86 bits per heavy atom. The van der Waals surface area contributed by atoms with E-state index in [-0.39, 0.29) is 30.3 Å². The lowest BCUT2D eigenvalue weighted by atomic mass is 9.65. The van der Waals surface area contributed by atoms with Gasteiger partial charge in [0.25, 0.3) is 0 Å². The Kier molecular flexibility index (Phi) is 7.62. The Balaban J connectivity index is 1.40. The maximum Gasteiger partial charge on any atom is 0.318 e. The molecule has 1 aliphatic carbocycles. The number of rotatable bonds is 6. The summed E-state index contributed by atoms with van der Waals surface area (Å²) in [7, 11) is 2.11. The smallest absolute Gasteiger partial charge is 0.318 e. The molecule has 2 amide bonds. The number of carbonyl (C=O) groups excluding carboxylic acids is 2. The van der Waals surface area contributed by atoms with Crippen LogP contribution in [0.15, 0.2) is 36.9 Å². The van der Waals surface area contributed by atoms with Gasteiger partial charge in [-0.15, -0.1) is 0 Å². The van der Waals surface area contributed by atoms with Crippen LogP contribution in [0.4, 0.5) is 11.5 Å². The number of likely N-dealkylation sites (N-methyl/N-ethyl adjacent to an activating group) is 1. The van der Waals surface area contributed by atoms with E-state index in [1.165, 1.54) is 11.6 Å². The highest BCUT2D eigenvalue weighted by Gasteiger charge is 2.48. The molecule has 0 bridgehead atoms. The van der Waals surface area contributed by atoms with Crippen molar-refractivity contribution < 1.29 is 14.3 Å². The summed E-state index contributed by atoms with van der Waals surface area (Å²) in [6.45, 7) is 8.01. The van der Waals surface area contributed by atoms with Gasteiger partial charge in [0.2, 0.25) is 11.8 Å². The van der Waals surface area contributed by atoms with Crippen LogP contribution in [0.25, 0.3) is 0 Å². The van der Waals surface area contributed by atoms with E-state index in [0.29, 0.717) is 49.7 Å². The zero-order valence-corrected chi connectivity index (χ0v) is 24.5. The molecule has 1 unspecified atom stereocenters. The number of aryl methyl sites for hydroxylation is 1. The molecule has 4 atom stereocenters. The van der Waals surface area contributed by atoms with Crippen LogP contribution in [-0.2, 0) is 27.8 Å². The number of hydrogen-bond acceptors (Lipinski definition) is 8. The number of fused-ring (bicyclic) bond motifs is 3. The van der Waals surface area contributed by atoms with Crippen LogP contribution in [0.3, 0.4) is 0 Å². The number of nitriles is 1. The average Bonchev–Trinajstić information content (AvgIpc) is 3.41. The fourth-order valence-corrected chi connectivity index (χ4v) is 7.30. The normalized spacial score (nSPS) is 27.2. The molecule has 10 heteroatoms. The van der Waals surface area contributed by atoms with Gasteiger partial charge in [0.05, 0.1) is 29.6 Å². The van der Waals surface area contributed by atoms with Crippen LogP contribution in [0.2, 0.25) is 0 Å². The van der Waals surface area contributed by atoms with Crippen LogP contribution in [0.1, 0.15) is 55.8 Å². The van der Waals surface area contributed by atoms with Crippen LogP contribution < -0.4 is 15.0 Å². The minimum atomic E-state index is -0.694. The summed E-state index contributed by atoms with van der Waals surface area (Å²) in [6, 6.07) is 10.6. The van der Waals surface area contributed by atoms with Gasteiger partial charge in [-0.05, 0) is 69.8 Å². The Bertz CT molecular complexity index is 1440. The van der Waals surface area contributed by atoms with E-state index in [1.807, 2.05) is 19.1 Å². The highest BCUT2D eigenvalue weighted by molar-refractivity contribution is 6.04. The van der Waals surface area contributed by atoms with Gasteiger partial charge in [-0.25, -0.2) is 0 Å². The van der Waals surface area contributed by atoms with Gasteiger partial charge in [-0.1, -0.05) is 30.8 Å². The van der Waals surface area contributed by atoms with Crippen LogP contribution in [0, 0.1) is 11.3 Å². The molecular weight excluding hydrogens is 530 g/mol. The monoisotopic (exact) mass is 569 g/mol. The van der Waals surface area contributed by atoms with E-state index >= 15 is 0 Å². The molecule has 4 heterocycles. The van der Waals surface area contributed by atoms with E-state index in [9.17, 15) is 14.9 Å². The van der Waals surface area contributed by atoms with E-state index in [4.69, 9.17) is 14.7 Å². The number of aromatic nitrogens is 2. The predicted molar refractivity (Wildman–Crippen MR) is 159 cm³/mol. The van der Waals surface area contributed by atoms with Gasteiger partial charge in [-0.3, -0.25) is 9.59 Å². The van der Waals surface area contributed by atoms with Crippen LogP contribution >= 0.6 is 0 Å². The largest absolute Gasteiger partial charge is 0.462 e. The highest BCUT2D eigenvalue weighted by Crippen LogP contribution is 2.47. The molecule has 0 saturated carbocycles. The summed E-state index contributed by atoms with van der Waals surface area (Å²) < 4.78 is 6.28. The number of amides is 2. The van der Waals surface area contributed by atoms with E-state index < -0.39 is 5.41 Å². The number of anilines is 2. The number of likely N-dealkylation sites (tertiary alicyclic amines) is 1. The quantitative estimate of drug-likeness (QED) is 0.528. The molecule has 6 rings (SSSR count). The van der Waals surface area contributed by atoms with Crippen molar-refractivity contribution in [1.29, 1.82) is 5.26 Å². The van der Waals surface area contributed by atoms with Crippen molar-refractivity contribution in [2.24, 2.45) is 0 Å². The fourth-order valence-electron chi connectivity index (χ4n) is 7.30. The molecule has 2 aromatic rings. The SMILES string of the molecule is C=CC(=O)N1C[C@@H](C)N(c2nc(OC[C@@H]3CCCN3C)nc3c2NC(=O)C2(CCCc4ccccc42)C3)C[C@@H]1CC#N. The van der Waals surface area contributed by atoms with Crippen molar-refractivity contribution in [2.75, 3.05) is 43.5 Å². The lowest BCUT2D eigenvalue weighted by molar-refractivity contribution is -0.129. The van der Waals surface area contributed by atoms with Gasteiger partial charge >= 0.3 is 6.01 Å². The van der Waals surface area contributed by atoms with Crippen molar-refractivity contribution in [3.05, 3.63) is 53.7 Å². The van der Waals surface area contributed by atoms with Gasteiger partial charge in [0, 0.05) is 31.6 Å². The lowest BCUT2D eigenvalue weighted by Gasteiger charge is -2.46. The van der Waals surface area contributed by atoms with Crippen LogP contribution in [0.5, 0.6) is 6.01 Å². The zero-order chi connectivity index (χ0) is 29.4. The molecule has 1 aromatic carbocycles. The second-order valence-corrected chi connectivity index (χ2v) is 12.2. The molecule has 2 saturated heterocycles. The topological polar surface area (TPSA) is 115 Å². The highest BCUT2D eigenvalue weighted by atomic mass is 16.5. The molecule has 220 valence electrons. The number of ether oxygens (including phenoxy) is 1. The molecule has 1 N–H and O–H groups in total. The number of nitrogens with zero attached hydrogens (tertiary/aromatic N) is 6. The minimum absolute atomic E-state index is 0.0325. The van der Waals surface area contributed by atoms with E-state index in [0.717, 1.165) is 49.9 Å². The molecule has 1 spiro atoms. The fraction of sp³-hybridized carbons (Fsp3) is 0.531. The third kappa shape index (κ3) is 4.90. The summed E-state index contributed by atoms with van der Waals surface area (Å²) in [5, 5.41) is 12.8. The maximum atomic E-state index is 14.1. The standard InChI is InChI=1S/C32H39N7O3/c1-4-27(40)39-18-21(2)38(19-23(39)13-15-33)29-28-26(34-31(36-29)42-20-24-11-8-16-37(24)3)17-32(30(41)35-28)14-7-10-22-9-5-6-12-25(22)32/h4-6,9,12,21,23-24H,1,7-8,10-11,13-14,16-20H2,2-3H3,(H,35,41)/t21-,23+,24+,32?/m1/s1. The first-order valence-corrected chi connectivity index (χ1v) is 15.0. The van der Waals surface area contributed by atoms with Crippen LogP contribution in [-0.4, -0.2) is 83.0 Å². The summed E-state index contributed by atoms with van der Waals surface area (Å²) in [5.74, 6) is 0.362. The second kappa shape index (κ2) is 11.4. The first-order valence-electron chi connectivity index (χ1n) is 15.0. The number of piperazine rings is 1. The van der Waals surface area contributed by atoms with E-state index in [2.05, 4.69) is 46.9 Å². The first kappa shape index (κ1) is 28.2. The van der Waals surface area contributed by atoms with Crippen molar-refractivity contribution in [3.63, 3.8) is 0 Å². The first-order chi connectivity index (χ1) is 20.3. The summed E-state index contributed by atoms with van der Waals surface area (Å²) in [4.78, 5) is 42.6. The van der Waals surface area contributed by atoms with Gasteiger partial charge in [-0.2, -0.15) is 15.2 Å². The Morgan fingerprint density at radius 2 is 2.10 bits per heavy atom. The van der Waals surface area contributed by atoms with Gasteiger partial charge < -0.3 is 24.8 Å². The van der Waals surface area contributed by atoms with Crippen molar-refractivity contribution in [2.45, 2.75) is 75.4 Å². The molecule has 4 aliphatic rings. The number of hydrogen-bond donors (Lipinski definition) is 1. The van der Waals surface area contributed by atoms with Crippen molar-refractivity contribution in [1.82, 2.24) is 19.8 Å². The molecule has 0 radical (unpaired) electrons. The molecule has 42 heavy (non-hydrogen) atoms. The molecule has 10 nitrogen and oxygen atoms in total. The number of benzene rings is 1. The Hall–Kier alpha value is -3.97. The molecular formula is C32H39N7O3. The Morgan fingerprint density at radius 1 is 1.26 bits per heavy atom. The van der Waals surface area contributed by atoms with Gasteiger partial charge in [0.15, 0.2) is 5.82 Å². The lowest BCUT2D eigenvalue weighted by Crippen LogP contribution is -2.59. The minimum Gasteiger partial charge on any atom is -0.462 e.